The number of aromatic hydroxyl groups is 1. The number of rotatable bonds is 4. The maximum Gasteiger partial charge on any atom is 0.354 e. The molecule has 0 saturated heterocycles. The molecule has 0 aliphatic heterocycles. The third-order valence-electron chi connectivity index (χ3n) is 3.83. The van der Waals surface area contributed by atoms with E-state index in [4.69, 9.17) is 14.3 Å². The zero-order valence-electron chi connectivity index (χ0n) is 13.0. The van der Waals surface area contributed by atoms with E-state index in [2.05, 4.69) is 0 Å². The van der Waals surface area contributed by atoms with E-state index in [1.807, 2.05) is 0 Å². The number of aromatic carboxylic acids is 1. The van der Waals surface area contributed by atoms with E-state index >= 15 is 0 Å². The first-order valence-electron chi connectivity index (χ1n) is 7.23. The van der Waals surface area contributed by atoms with Crippen molar-refractivity contribution >= 4 is 16.9 Å². The van der Waals surface area contributed by atoms with Gasteiger partial charge in [0.2, 0.25) is 0 Å². The van der Waals surface area contributed by atoms with Crippen LogP contribution >= 0.6 is 0 Å². The van der Waals surface area contributed by atoms with Crippen molar-refractivity contribution in [3.05, 3.63) is 75.4 Å². The molecule has 7 heteroatoms. The fourth-order valence-electron chi connectivity index (χ4n) is 2.66. The minimum Gasteiger partial charge on any atom is -0.506 e. The predicted octanol–water partition coefficient (Wildman–Crippen LogP) is 3.07. The van der Waals surface area contributed by atoms with Crippen LogP contribution in [0.4, 0.5) is 4.39 Å². The van der Waals surface area contributed by atoms with Gasteiger partial charge in [0.25, 0.3) is 0 Å². The number of methoxy groups -OCH3 is 1. The molecule has 1 heterocycles. The Kier molecular flexibility index (Phi) is 4.24. The molecule has 3 aromatic rings. The van der Waals surface area contributed by atoms with Crippen molar-refractivity contribution in [3.63, 3.8) is 0 Å². The Morgan fingerprint density at radius 2 is 1.80 bits per heavy atom. The SMILES string of the molecule is COC(c1ccc(F)cc1)c1ccc2oc(=O)c(C(=O)O)c(O)c2c1. The molecule has 2 N–H and O–H groups in total. The van der Waals surface area contributed by atoms with E-state index in [1.54, 1.807) is 18.2 Å². The van der Waals surface area contributed by atoms with Crippen LogP contribution in [0.25, 0.3) is 11.0 Å². The van der Waals surface area contributed by atoms with E-state index in [0.717, 1.165) is 0 Å². The largest absolute Gasteiger partial charge is 0.506 e. The van der Waals surface area contributed by atoms with E-state index in [0.29, 0.717) is 11.1 Å². The van der Waals surface area contributed by atoms with Gasteiger partial charge in [-0.25, -0.2) is 14.0 Å². The number of halogens is 1. The van der Waals surface area contributed by atoms with Crippen molar-refractivity contribution in [1.29, 1.82) is 0 Å². The molecule has 0 fully saturated rings. The first-order chi connectivity index (χ1) is 11.9. The van der Waals surface area contributed by atoms with Crippen LogP contribution in [0.5, 0.6) is 5.75 Å². The molecule has 0 bridgehead atoms. The highest BCUT2D eigenvalue weighted by molar-refractivity contribution is 5.97. The highest BCUT2D eigenvalue weighted by atomic mass is 19.1. The van der Waals surface area contributed by atoms with E-state index in [9.17, 15) is 19.1 Å². The summed E-state index contributed by atoms with van der Waals surface area (Å²) in [5, 5.41) is 19.3. The molecule has 0 aliphatic carbocycles. The van der Waals surface area contributed by atoms with Gasteiger partial charge in [0, 0.05) is 7.11 Å². The summed E-state index contributed by atoms with van der Waals surface area (Å²) in [6, 6.07) is 10.2. The van der Waals surface area contributed by atoms with Gasteiger partial charge < -0.3 is 19.4 Å². The van der Waals surface area contributed by atoms with Crippen LogP contribution in [0.3, 0.4) is 0 Å². The molecular weight excluding hydrogens is 331 g/mol. The van der Waals surface area contributed by atoms with Crippen LogP contribution in [-0.2, 0) is 4.74 Å². The van der Waals surface area contributed by atoms with Crippen LogP contribution in [-0.4, -0.2) is 23.3 Å². The summed E-state index contributed by atoms with van der Waals surface area (Å²) in [5.41, 5.74) is -0.682. The summed E-state index contributed by atoms with van der Waals surface area (Å²) < 4.78 is 23.5. The zero-order valence-corrected chi connectivity index (χ0v) is 13.0. The van der Waals surface area contributed by atoms with Crippen LogP contribution in [0.1, 0.15) is 27.6 Å². The molecule has 0 saturated carbocycles. The standard InChI is InChI=1S/C18H13FO6/c1-24-16(9-2-5-11(19)6-3-9)10-4-7-13-12(8-10)15(20)14(17(21)22)18(23)25-13/h2-8,16,20H,1H3,(H,21,22). The predicted molar refractivity (Wildman–Crippen MR) is 86.4 cm³/mol. The topological polar surface area (TPSA) is 97.0 Å². The van der Waals surface area contributed by atoms with Crippen LogP contribution in [0.2, 0.25) is 0 Å². The molecule has 1 atom stereocenters. The van der Waals surface area contributed by atoms with E-state index < -0.39 is 29.0 Å². The van der Waals surface area contributed by atoms with Gasteiger partial charge in [-0.05, 0) is 35.4 Å². The highest BCUT2D eigenvalue weighted by Gasteiger charge is 2.22. The number of ether oxygens (including phenoxy) is 1. The van der Waals surface area contributed by atoms with Gasteiger partial charge in [0.05, 0.1) is 5.39 Å². The molecule has 0 radical (unpaired) electrons. The van der Waals surface area contributed by atoms with E-state index in [-0.39, 0.29) is 16.8 Å². The maximum atomic E-state index is 13.1. The van der Waals surface area contributed by atoms with Crippen molar-refractivity contribution < 1.29 is 28.6 Å². The fraction of sp³-hybridized carbons (Fsp3) is 0.111. The Hall–Kier alpha value is -3.19. The number of hydrogen-bond acceptors (Lipinski definition) is 5. The molecule has 6 nitrogen and oxygen atoms in total. The Balaban J connectivity index is 2.18. The van der Waals surface area contributed by atoms with Gasteiger partial charge in [-0.1, -0.05) is 18.2 Å². The van der Waals surface area contributed by atoms with Gasteiger partial charge in [-0.3, -0.25) is 0 Å². The van der Waals surface area contributed by atoms with Gasteiger partial charge in [0.1, 0.15) is 23.3 Å². The number of fused-ring (bicyclic) bond motifs is 1. The summed E-state index contributed by atoms with van der Waals surface area (Å²) in [4.78, 5) is 22.8. The molecule has 128 valence electrons. The molecule has 0 aliphatic rings. The van der Waals surface area contributed by atoms with Crippen molar-refractivity contribution in [2.75, 3.05) is 7.11 Å². The minimum absolute atomic E-state index is 0.0465. The van der Waals surface area contributed by atoms with Crippen molar-refractivity contribution in [2.45, 2.75) is 6.10 Å². The maximum absolute atomic E-state index is 13.1. The number of carboxylic acids is 1. The third kappa shape index (κ3) is 2.97. The summed E-state index contributed by atoms with van der Waals surface area (Å²) in [6.45, 7) is 0. The van der Waals surface area contributed by atoms with Gasteiger partial charge >= 0.3 is 11.6 Å². The molecule has 1 aromatic heterocycles. The summed E-state index contributed by atoms with van der Waals surface area (Å²) in [7, 11) is 1.46. The van der Waals surface area contributed by atoms with Crippen LogP contribution in [0.15, 0.2) is 51.7 Å². The summed E-state index contributed by atoms with van der Waals surface area (Å²) >= 11 is 0. The lowest BCUT2D eigenvalue weighted by Gasteiger charge is -2.17. The Labute approximate surface area is 140 Å². The monoisotopic (exact) mass is 344 g/mol. The van der Waals surface area contributed by atoms with Crippen LogP contribution in [0, 0.1) is 5.82 Å². The Morgan fingerprint density at radius 1 is 1.16 bits per heavy atom. The van der Waals surface area contributed by atoms with E-state index in [1.165, 1.54) is 31.4 Å². The normalized spacial score (nSPS) is 12.2. The first-order valence-corrected chi connectivity index (χ1v) is 7.23. The molecule has 3 rings (SSSR count). The summed E-state index contributed by atoms with van der Waals surface area (Å²) in [6.07, 6.45) is -0.579. The number of carboxylic acid groups (broad SMARTS) is 1. The molecule has 0 spiro atoms. The minimum atomic E-state index is -1.58. The van der Waals surface area contributed by atoms with Crippen LogP contribution < -0.4 is 5.63 Å². The number of carbonyl (C=O) groups is 1. The zero-order chi connectivity index (χ0) is 18.1. The Morgan fingerprint density at radius 3 is 2.40 bits per heavy atom. The summed E-state index contributed by atoms with van der Waals surface area (Å²) in [5.74, 6) is -2.64. The van der Waals surface area contributed by atoms with Crippen molar-refractivity contribution in [1.82, 2.24) is 0 Å². The second-order valence-corrected chi connectivity index (χ2v) is 5.34. The second kappa shape index (κ2) is 6.37. The first kappa shape index (κ1) is 16.7. The quantitative estimate of drug-likeness (QED) is 0.706. The highest BCUT2D eigenvalue weighted by Crippen LogP contribution is 2.32. The average Bonchev–Trinajstić information content (AvgIpc) is 2.57. The average molecular weight is 344 g/mol. The molecule has 25 heavy (non-hydrogen) atoms. The van der Waals surface area contributed by atoms with Gasteiger partial charge in [-0.15, -0.1) is 0 Å². The lowest BCUT2D eigenvalue weighted by atomic mass is 9.99. The van der Waals surface area contributed by atoms with Gasteiger partial charge in [0.15, 0.2) is 5.56 Å². The van der Waals surface area contributed by atoms with Crippen molar-refractivity contribution in [2.24, 2.45) is 0 Å². The molecule has 2 aromatic carbocycles. The molecule has 0 amide bonds. The van der Waals surface area contributed by atoms with Gasteiger partial charge in [-0.2, -0.15) is 0 Å². The molecular formula is C18H13FO6. The third-order valence-corrected chi connectivity index (χ3v) is 3.83. The molecule has 1 unspecified atom stereocenters. The lowest BCUT2D eigenvalue weighted by molar-refractivity contribution is 0.0689. The number of benzene rings is 2. The number of hydrogen-bond donors (Lipinski definition) is 2. The fourth-order valence-corrected chi connectivity index (χ4v) is 2.66. The van der Waals surface area contributed by atoms with Crippen molar-refractivity contribution in [3.8, 4) is 5.75 Å². The smallest absolute Gasteiger partial charge is 0.354 e. The second-order valence-electron chi connectivity index (χ2n) is 5.34. The lowest BCUT2D eigenvalue weighted by Crippen LogP contribution is -2.14. The Bertz CT molecular complexity index is 1010.